The second-order valence-corrected chi connectivity index (χ2v) is 4.96. The van der Waals surface area contributed by atoms with E-state index in [1.54, 1.807) is 23.3 Å². The third kappa shape index (κ3) is 3.48. The van der Waals surface area contributed by atoms with Crippen molar-refractivity contribution in [3.8, 4) is 11.6 Å². The van der Waals surface area contributed by atoms with E-state index in [9.17, 15) is 4.79 Å². The van der Waals surface area contributed by atoms with E-state index in [1.807, 2.05) is 37.3 Å². The topological polar surface area (TPSA) is 72.4 Å². The second kappa shape index (κ2) is 6.91. The number of rotatable bonds is 6. The fourth-order valence-electron chi connectivity index (χ4n) is 2.32. The van der Waals surface area contributed by atoms with Gasteiger partial charge in [0.05, 0.1) is 6.26 Å². The van der Waals surface area contributed by atoms with Crippen molar-refractivity contribution in [3.63, 3.8) is 0 Å². The number of anilines is 1. The maximum Gasteiger partial charge on any atom is 0.238 e. The number of aryl methyl sites for hydroxylation is 1. The molecule has 0 aliphatic carbocycles. The summed E-state index contributed by atoms with van der Waals surface area (Å²) in [6, 6.07) is 13.1. The van der Waals surface area contributed by atoms with Gasteiger partial charge in [-0.2, -0.15) is 4.98 Å². The van der Waals surface area contributed by atoms with Crippen LogP contribution in [-0.4, -0.2) is 22.6 Å². The van der Waals surface area contributed by atoms with Crippen molar-refractivity contribution < 1.29 is 13.7 Å². The van der Waals surface area contributed by atoms with Gasteiger partial charge in [0, 0.05) is 25.1 Å². The number of benzene rings is 1. The van der Waals surface area contributed by atoms with Gasteiger partial charge in [0.15, 0.2) is 5.76 Å². The predicted octanol–water partition coefficient (Wildman–Crippen LogP) is 3.32. The lowest BCUT2D eigenvalue weighted by Gasteiger charge is -2.20. The van der Waals surface area contributed by atoms with Crippen molar-refractivity contribution in [1.82, 2.24) is 10.1 Å². The number of para-hydroxylation sites is 1. The Kier molecular flexibility index (Phi) is 4.52. The third-order valence-electron chi connectivity index (χ3n) is 3.45. The highest BCUT2D eigenvalue weighted by Gasteiger charge is 2.16. The lowest BCUT2D eigenvalue weighted by atomic mass is 10.2. The molecule has 0 radical (unpaired) electrons. The molecular formula is C17H17N3O3. The fourth-order valence-corrected chi connectivity index (χ4v) is 2.32. The molecule has 0 aliphatic rings. The number of amides is 1. The Morgan fingerprint density at radius 3 is 2.70 bits per heavy atom. The van der Waals surface area contributed by atoms with Crippen LogP contribution in [0.15, 0.2) is 57.7 Å². The molecular weight excluding hydrogens is 294 g/mol. The molecule has 0 spiro atoms. The minimum Gasteiger partial charge on any atom is -0.461 e. The molecule has 1 amide bonds. The second-order valence-electron chi connectivity index (χ2n) is 4.96. The molecule has 0 aliphatic heterocycles. The molecule has 3 aromatic rings. The summed E-state index contributed by atoms with van der Waals surface area (Å²) in [5, 5.41) is 3.86. The summed E-state index contributed by atoms with van der Waals surface area (Å²) in [6.45, 7) is 2.57. The molecule has 1 aromatic carbocycles. The van der Waals surface area contributed by atoms with Gasteiger partial charge in [0.25, 0.3) is 0 Å². The summed E-state index contributed by atoms with van der Waals surface area (Å²) in [6.07, 6.45) is 2.26. The number of carbonyl (C=O) groups is 1. The van der Waals surface area contributed by atoms with Crippen LogP contribution in [0.3, 0.4) is 0 Å². The van der Waals surface area contributed by atoms with Crippen molar-refractivity contribution in [3.05, 3.63) is 54.6 Å². The van der Waals surface area contributed by atoms with Crippen molar-refractivity contribution in [2.45, 2.75) is 19.8 Å². The van der Waals surface area contributed by atoms with Gasteiger partial charge in [-0.25, -0.2) is 0 Å². The van der Waals surface area contributed by atoms with Crippen LogP contribution in [-0.2, 0) is 11.2 Å². The van der Waals surface area contributed by atoms with Gasteiger partial charge in [0.2, 0.25) is 17.6 Å². The first-order chi connectivity index (χ1) is 11.3. The minimum absolute atomic E-state index is 0.0245. The summed E-state index contributed by atoms with van der Waals surface area (Å²) >= 11 is 0. The van der Waals surface area contributed by atoms with Gasteiger partial charge < -0.3 is 13.8 Å². The van der Waals surface area contributed by atoms with Crippen LogP contribution in [0, 0.1) is 0 Å². The molecule has 0 fully saturated rings. The summed E-state index contributed by atoms with van der Waals surface area (Å²) in [7, 11) is 0. The molecule has 0 saturated carbocycles. The molecule has 0 atom stereocenters. The van der Waals surface area contributed by atoms with Crippen LogP contribution < -0.4 is 4.90 Å². The van der Waals surface area contributed by atoms with E-state index < -0.39 is 0 Å². The fraction of sp³-hybridized carbons (Fsp3) is 0.235. The van der Waals surface area contributed by atoms with Crippen LogP contribution in [0.4, 0.5) is 5.69 Å². The lowest BCUT2D eigenvalue weighted by Crippen LogP contribution is -2.30. The molecule has 2 heterocycles. The average Bonchev–Trinajstić information content (AvgIpc) is 3.26. The first-order valence-electron chi connectivity index (χ1n) is 7.50. The Morgan fingerprint density at radius 1 is 1.17 bits per heavy atom. The number of hydrogen-bond acceptors (Lipinski definition) is 5. The zero-order valence-corrected chi connectivity index (χ0v) is 12.8. The van der Waals surface area contributed by atoms with E-state index in [2.05, 4.69) is 10.1 Å². The Bertz CT molecular complexity index is 751. The third-order valence-corrected chi connectivity index (χ3v) is 3.45. The summed E-state index contributed by atoms with van der Waals surface area (Å²) in [4.78, 5) is 18.4. The number of nitrogens with zero attached hydrogens (tertiary/aromatic N) is 3. The first kappa shape index (κ1) is 15.0. The largest absolute Gasteiger partial charge is 0.461 e. The van der Waals surface area contributed by atoms with E-state index in [0.717, 1.165) is 5.69 Å². The van der Waals surface area contributed by atoms with Crippen LogP contribution in [0.1, 0.15) is 19.2 Å². The quantitative estimate of drug-likeness (QED) is 0.698. The van der Waals surface area contributed by atoms with Crippen molar-refractivity contribution in [1.29, 1.82) is 0 Å². The summed E-state index contributed by atoms with van der Waals surface area (Å²) < 4.78 is 10.4. The van der Waals surface area contributed by atoms with Crippen molar-refractivity contribution >= 4 is 11.6 Å². The molecule has 6 nitrogen and oxygen atoms in total. The lowest BCUT2D eigenvalue weighted by molar-refractivity contribution is -0.118. The van der Waals surface area contributed by atoms with E-state index in [-0.39, 0.29) is 5.91 Å². The molecule has 0 unspecified atom stereocenters. The normalized spacial score (nSPS) is 10.7. The van der Waals surface area contributed by atoms with Gasteiger partial charge in [0.1, 0.15) is 0 Å². The van der Waals surface area contributed by atoms with Crippen molar-refractivity contribution in [2.24, 2.45) is 0 Å². The number of furan rings is 1. The highest BCUT2D eigenvalue weighted by atomic mass is 16.5. The zero-order chi connectivity index (χ0) is 16.1. The molecule has 2 aromatic heterocycles. The van der Waals surface area contributed by atoms with Gasteiger partial charge in [-0.15, -0.1) is 0 Å². The van der Waals surface area contributed by atoms with Crippen molar-refractivity contribution in [2.75, 3.05) is 11.4 Å². The number of aromatic nitrogens is 2. The maximum atomic E-state index is 12.4. The Balaban J connectivity index is 1.62. The standard InChI is InChI=1S/C17H17N3O3/c1-2-20(13-7-4-3-5-8-13)16(21)11-10-15-18-17(19-23-15)14-9-6-12-22-14/h3-9,12H,2,10-11H2,1H3. The van der Waals surface area contributed by atoms with Crippen LogP contribution in [0.2, 0.25) is 0 Å². The monoisotopic (exact) mass is 311 g/mol. The number of carbonyl (C=O) groups excluding carboxylic acids is 1. The minimum atomic E-state index is 0.0245. The highest BCUT2D eigenvalue weighted by molar-refractivity contribution is 5.93. The van der Waals surface area contributed by atoms with Gasteiger partial charge in [-0.1, -0.05) is 23.4 Å². The maximum absolute atomic E-state index is 12.4. The van der Waals surface area contributed by atoms with E-state index in [1.165, 1.54) is 0 Å². The van der Waals surface area contributed by atoms with Crippen LogP contribution >= 0.6 is 0 Å². The number of hydrogen-bond donors (Lipinski definition) is 0. The van der Waals surface area contributed by atoms with E-state index in [4.69, 9.17) is 8.94 Å². The van der Waals surface area contributed by atoms with Gasteiger partial charge in [-0.3, -0.25) is 4.79 Å². The molecule has 23 heavy (non-hydrogen) atoms. The highest BCUT2D eigenvalue weighted by Crippen LogP contribution is 2.18. The summed E-state index contributed by atoms with van der Waals surface area (Å²) in [5.41, 5.74) is 0.891. The van der Waals surface area contributed by atoms with Gasteiger partial charge >= 0.3 is 0 Å². The van der Waals surface area contributed by atoms with E-state index >= 15 is 0 Å². The Morgan fingerprint density at radius 2 is 2.00 bits per heavy atom. The summed E-state index contributed by atoms with van der Waals surface area (Å²) in [5.74, 6) is 1.39. The molecule has 0 N–H and O–H groups in total. The smallest absolute Gasteiger partial charge is 0.238 e. The Hall–Kier alpha value is -2.89. The molecule has 0 saturated heterocycles. The molecule has 3 rings (SSSR count). The predicted molar refractivity (Wildman–Crippen MR) is 84.8 cm³/mol. The van der Waals surface area contributed by atoms with Gasteiger partial charge in [-0.05, 0) is 31.2 Å². The molecule has 0 bridgehead atoms. The average molecular weight is 311 g/mol. The van der Waals surface area contributed by atoms with Crippen LogP contribution in [0.25, 0.3) is 11.6 Å². The van der Waals surface area contributed by atoms with Crippen LogP contribution in [0.5, 0.6) is 0 Å². The SMILES string of the molecule is CCN(C(=O)CCc1nc(-c2ccco2)no1)c1ccccc1. The molecule has 6 heteroatoms. The molecule has 118 valence electrons. The first-order valence-corrected chi connectivity index (χ1v) is 7.50. The Labute approximate surface area is 133 Å². The van der Waals surface area contributed by atoms with E-state index in [0.29, 0.717) is 36.9 Å². The zero-order valence-electron chi connectivity index (χ0n) is 12.8.